The number of nitrogens with one attached hydrogen (secondary N) is 1. The molecule has 14 heavy (non-hydrogen) atoms. The maximum Gasteiger partial charge on any atom is 0.407 e. The Bertz CT molecular complexity index is 334. The van der Waals surface area contributed by atoms with Crippen LogP contribution in [0.1, 0.15) is 0 Å². The average Bonchev–Trinajstić information content (AvgIpc) is 2.42. The van der Waals surface area contributed by atoms with E-state index < -0.39 is 22.0 Å². The lowest BCUT2D eigenvalue weighted by atomic mass is 10.3. The Morgan fingerprint density at radius 3 is 2.86 bits per heavy atom. The standard InChI is InChI=1S/C7H11NO5S/c9-2-3-13-7(10)8-6-1-4-14(11,12)5-6/h1,4,6,9H,2-3,5H2,(H,8,10). The molecular weight excluding hydrogens is 210 g/mol. The van der Waals surface area contributed by atoms with Crippen LogP contribution in [0, 0.1) is 0 Å². The number of aliphatic hydroxyl groups excluding tert-OH is 1. The molecule has 6 nitrogen and oxygen atoms in total. The normalized spacial score (nSPS) is 23.4. The first kappa shape index (κ1) is 11.0. The zero-order chi connectivity index (χ0) is 10.6. The van der Waals surface area contributed by atoms with Gasteiger partial charge in [-0.25, -0.2) is 13.2 Å². The summed E-state index contributed by atoms with van der Waals surface area (Å²) in [5, 5.41) is 11.7. The Kier molecular flexibility index (Phi) is 3.48. The summed E-state index contributed by atoms with van der Waals surface area (Å²) >= 11 is 0. The third-order valence-corrected chi connectivity index (χ3v) is 2.95. The predicted octanol–water partition coefficient (Wildman–Crippen LogP) is -0.984. The Labute approximate surface area is 81.5 Å². The van der Waals surface area contributed by atoms with Crippen molar-refractivity contribution >= 4 is 15.9 Å². The average molecular weight is 221 g/mol. The van der Waals surface area contributed by atoms with Gasteiger partial charge < -0.3 is 15.2 Å². The molecular formula is C7H11NO5S. The van der Waals surface area contributed by atoms with E-state index in [1.165, 1.54) is 6.08 Å². The van der Waals surface area contributed by atoms with E-state index in [9.17, 15) is 13.2 Å². The minimum absolute atomic E-state index is 0.102. The second-order valence-electron chi connectivity index (χ2n) is 2.77. The van der Waals surface area contributed by atoms with Crippen LogP contribution >= 0.6 is 0 Å². The van der Waals surface area contributed by atoms with Crippen LogP contribution in [0.5, 0.6) is 0 Å². The van der Waals surface area contributed by atoms with Gasteiger partial charge in [0.2, 0.25) is 0 Å². The summed E-state index contributed by atoms with van der Waals surface area (Å²) < 4.78 is 26.3. The summed E-state index contributed by atoms with van der Waals surface area (Å²) in [7, 11) is -3.16. The van der Waals surface area contributed by atoms with Crippen molar-refractivity contribution in [1.82, 2.24) is 5.32 Å². The van der Waals surface area contributed by atoms with Crippen LogP contribution in [0.2, 0.25) is 0 Å². The fourth-order valence-corrected chi connectivity index (χ4v) is 2.23. The zero-order valence-corrected chi connectivity index (χ0v) is 8.16. The molecule has 0 aliphatic carbocycles. The molecule has 80 valence electrons. The summed E-state index contributed by atoms with van der Waals surface area (Å²) in [6.45, 7) is -0.360. The Morgan fingerprint density at radius 2 is 2.36 bits per heavy atom. The molecule has 0 saturated carbocycles. The van der Waals surface area contributed by atoms with Gasteiger partial charge in [0.05, 0.1) is 18.4 Å². The van der Waals surface area contributed by atoms with Gasteiger partial charge in [-0.2, -0.15) is 0 Å². The highest BCUT2D eigenvalue weighted by Gasteiger charge is 2.23. The van der Waals surface area contributed by atoms with Crippen LogP contribution in [0.15, 0.2) is 11.5 Å². The van der Waals surface area contributed by atoms with Gasteiger partial charge in [-0.1, -0.05) is 0 Å². The third kappa shape index (κ3) is 3.35. The molecule has 1 aliphatic rings. The van der Waals surface area contributed by atoms with E-state index in [0.29, 0.717) is 0 Å². The molecule has 1 atom stereocenters. The van der Waals surface area contributed by atoms with Gasteiger partial charge in [0, 0.05) is 5.41 Å². The number of carbonyl (C=O) groups excluding carboxylic acids is 1. The van der Waals surface area contributed by atoms with Gasteiger partial charge in [0.15, 0.2) is 9.84 Å². The van der Waals surface area contributed by atoms with Gasteiger partial charge in [0.25, 0.3) is 0 Å². The van der Waals surface area contributed by atoms with Gasteiger partial charge in [-0.05, 0) is 6.08 Å². The van der Waals surface area contributed by atoms with Crippen LogP contribution in [0.3, 0.4) is 0 Å². The van der Waals surface area contributed by atoms with Crippen LogP contribution in [0.4, 0.5) is 4.79 Å². The van der Waals surface area contributed by atoms with Crippen molar-refractivity contribution < 1.29 is 23.1 Å². The maximum atomic E-state index is 10.9. The van der Waals surface area contributed by atoms with E-state index in [1.54, 1.807) is 0 Å². The molecule has 0 spiro atoms. The van der Waals surface area contributed by atoms with E-state index in [4.69, 9.17) is 5.11 Å². The fourth-order valence-electron chi connectivity index (χ4n) is 0.997. The lowest BCUT2D eigenvalue weighted by molar-refractivity contribution is 0.118. The van der Waals surface area contributed by atoms with Crippen molar-refractivity contribution in [3.05, 3.63) is 11.5 Å². The van der Waals surface area contributed by atoms with Crippen LogP contribution < -0.4 is 5.32 Å². The molecule has 1 rings (SSSR count). The Morgan fingerprint density at radius 1 is 1.64 bits per heavy atom. The topological polar surface area (TPSA) is 92.7 Å². The third-order valence-electron chi connectivity index (χ3n) is 1.56. The summed E-state index contributed by atoms with van der Waals surface area (Å²) in [6, 6.07) is -0.536. The van der Waals surface area contributed by atoms with E-state index >= 15 is 0 Å². The highest BCUT2D eigenvalue weighted by atomic mass is 32.2. The van der Waals surface area contributed by atoms with Gasteiger partial charge in [-0.3, -0.25) is 0 Å². The molecule has 7 heteroatoms. The first-order chi connectivity index (χ1) is 6.53. The number of alkyl carbamates (subject to hydrolysis) is 1. The largest absolute Gasteiger partial charge is 0.447 e. The summed E-state index contributed by atoms with van der Waals surface area (Å²) in [4.78, 5) is 10.9. The molecule has 1 amide bonds. The SMILES string of the molecule is O=C(NC1C=CS(=O)(=O)C1)OCCO. The number of aliphatic hydroxyl groups is 1. The highest BCUT2D eigenvalue weighted by Crippen LogP contribution is 2.07. The Hall–Kier alpha value is -1.08. The molecule has 1 heterocycles. The summed E-state index contributed by atoms with van der Waals surface area (Å²) in [5.41, 5.74) is 0. The van der Waals surface area contributed by atoms with E-state index in [1.807, 2.05) is 0 Å². The molecule has 1 unspecified atom stereocenters. The molecule has 2 N–H and O–H groups in total. The molecule has 0 saturated heterocycles. The van der Waals surface area contributed by atoms with E-state index in [0.717, 1.165) is 5.41 Å². The van der Waals surface area contributed by atoms with Crippen molar-refractivity contribution in [1.29, 1.82) is 0 Å². The van der Waals surface area contributed by atoms with Crippen molar-refractivity contribution in [2.75, 3.05) is 19.0 Å². The number of carbonyl (C=O) groups is 1. The second-order valence-corrected chi connectivity index (χ2v) is 4.70. The highest BCUT2D eigenvalue weighted by molar-refractivity contribution is 7.94. The molecule has 1 aliphatic heterocycles. The lowest BCUT2D eigenvalue weighted by Gasteiger charge is -2.09. The first-order valence-corrected chi connectivity index (χ1v) is 5.70. The molecule has 0 aromatic carbocycles. The van der Waals surface area contributed by atoms with Gasteiger partial charge >= 0.3 is 6.09 Å². The molecule has 0 aromatic heterocycles. The molecule has 0 fully saturated rings. The van der Waals surface area contributed by atoms with Gasteiger partial charge in [-0.15, -0.1) is 0 Å². The zero-order valence-electron chi connectivity index (χ0n) is 7.34. The van der Waals surface area contributed by atoms with Crippen molar-refractivity contribution in [3.8, 4) is 0 Å². The monoisotopic (exact) mass is 221 g/mol. The van der Waals surface area contributed by atoms with E-state index in [-0.39, 0.29) is 19.0 Å². The number of ether oxygens (including phenoxy) is 1. The van der Waals surface area contributed by atoms with Gasteiger partial charge in [0.1, 0.15) is 6.61 Å². The van der Waals surface area contributed by atoms with Crippen LogP contribution in [-0.2, 0) is 14.6 Å². The number of amides is 1. The van der Waals surface area contributed by atoms with Crippen molar-refractivity contribution in [3.63, 3.8) is 0 Å². The number of hydrogen-bond donors (Lipinski definition) is 2. The van der Waals surface area contributed by atoms with Crippen LogP contribution in [0.25, 0.3) is 0 Å². The quantitative estimate of drug-likeness (QED) is 0.638. The fraction of sp³-hybridized carbons (Fsp3) is 0.571. The van der Waals surface area contributed by atoms with E-state index in [2.05, 4.69) is 10.1 Å². The molecule has 0 radical (unpaired) electrons. The minimum Gasteiger partial charge on any atom is -0.447 e. The number of rotatable bonds is 3. The molecule has 0 aromatic rings. The Balaban J connectivity index is 2.34. The lowest BCUT2D eigenvalue weighted by Crippen LogP contribution is -2.36. The van der Waals surface area contributed by atoms with Crippen molar-refractivity contribution in [2.24, 2.45) is 0 Å². The van der Waals surface area contributed by atoms with Crippen LogP contribution in [-0.4, -0.2) is 44.6 Å². The molecule has 0 bridgehead atoms. The maximum absolute atomic E-state index is 10.9. The van der Waals surface area contributed by atoms with Crippen molar-refractivity contribution in [2.45, 2.75) is 6.04 Å². The first-order valence-electron chi connectivity index (χ1n) is 3.98. The minimum atomic E-state index is -3.16. The number of hydrogen-bond acceptors (Lipinski definition) is 5. The summed E-state index contributed by atoms with van der Waals surface area (Å²) in [6.07, 6.45) is 0.654. The number of sulfone groups is 1. The predicted molar refractivity (Wildman–Crippen MR) is 48.3 cm³/mol. The second kappa shape index (κ2) is 4.43. The summed E-state index contributed by atoms with van der Waals surface area (Å²) in [5.74, 6) is -0.138. The smallest absolute Gasteiger partial charge is 0.407 e.